The van der Waals surface area contributed by atoms with E-state index in [9.17, 15) is 4.79 Å². The molecule has 0 spiro atoms. The molecule has 0 atom stereocenters. The second kappa shape index (κ2) is 4.97. The minimum Gasteiger partial charge on any atom is -0.298 e. The average molecular weight is 123 g/mol. The number of carbonyl (C=O) groups is 1. The lowest BCUT2D eigenvalue weighted by molar-refractivity contribution is -0.104. The zero-order chi connectivity index (χ0) is 7.11. The molecule has 2 nitrogen and oxygen atoms in total. The van der Waals surface area contributed by atoms with Crippen molar-refractivity contribution in [3.05, 3.63) is 23.9 Å². The Morgan fingerprint density at radius 2 is 2.33 bits per heavy atom. The van der Waals surface area contributed by atoms with Crippen LogP contribution in [0.2, 0.25) is 0 Å². The van der Waals surface area contributed by atoms with E-state index >= 15 is 0 Å². The molecule has 0 unspecified atom stereocenters. The number of hydrogen-bond donors (Lipinski definition) is 0. The first kappa shape index (κ1) is 7.82. The van der Waals surface area contributed by atoms with Gasteiger partial charge in [-0.1, -0.05) is 12.2 Å². The highest BCUT2D eigenvalue weighted by Gasteiger charge is 1.82. The van der Waals surface area contributed by atoms with Crippen LogP contribution in [0.1, 0.15) is 6.92 Å². The molecule has 0 N–H and O–H groups in total. The lowest BCUT2D eigenvalue weighted by Gasteiger charge is -1.81. The van der Waals surface area contributed by atoms with E-state index in [1.54, 1.807) is 12.2 Å². The van der Waals surface area contributed by atoms with Gasteiger partial charge < -0.3 is 0 Å². The van der Waals surface area contributed by atoms with Gasteiger partial charge in [0.25, 0.3) is 0 Å². The number of aldehydes is 1. The molecule has 0 saturated carbocycles. The van der Waals surface area contributed by atoms with E-state index in [0.717, 1.165) is 6.29 Å². The summed E-state index contributed by atoms with van der Waals surface area (Å²) in [6, 6.07) is 0. The van der Waals surface area contributed by atoms with Crippen LogP contribution in [0, 0.1) is 0 Å². The van der Waals surface area contributed by atoms with Crippen molar-refractivity contribution in [1.82, 2.24) is 0 Å². The molecule has 0 heterocycles. The normalized spacial score (nSPS) is 11.9. The van der Waals surface area contributed by atoms with Gasteiger partial charge in [0.05, 0.1) is 0 Å². The second-order valence-electron chi connectivity index (χ2n) is 1.43. The van der Waals surface area contributed by atoms with E-state index in [1.807, 2.05) is 6.92 Å². The number of hydrogen-bond acceptors (Lipinski definition) is 2. The molecule has 9 heavy (non-hydrogen) atoms. The van der Waals surface area contributed by atoms with Crippen molar-refractivity contribution in [3.8, 4) is 0 Å². The first-order valence-corrected chi connectivity index (χ1v) is 2.59. The third kappa shape index (κ3) is 3.41. The van der Waals surface area contributed by atoms with Crippen LogP contribution >= 0.6 is 0 Å². The van der Waals surface area contributed by atoms with Crippen molar-refractivity contribution < 1.29 is 4.79 Å². The summed E-state index contributed by atoms with van der Waals surface area (Å²) < 4.78 is 0. The molecular formula is C7H9NO. The molecular weight excluding hydrogens is 114 g/mol. The summed E-state index contributed by atoms with van der Waals surface area (Å²) in [4.78, 5) is 13.5. The Kier molecular flexibility index (Phi) is 4.32. The summed E-state index contributed by atoms with van der Waals surface area (Å²) >= 11 is 0. The van der Waals surface area contributed by atoms with Gasteiger partial charge in [0.2, 0.25) is 0 Å². The van der Waals surface area contributed by atoms with Gasteiger partial charge in [-0.3, -0.25) is 9.79 Å². The van der Waals surface area contributed by atoms with Crippen molar-refractivity contribution in [1.29, 1.82) is 0 Å². The first-order valence-electron chi connectivity index (χ1n) is 2.59. The Balaban J connectivity index is 4.13. The lowest BCUT2D eigenvalue weighted by Crippen LogP contribution is -1.75. The van der Waals surface area contributed by atoms with Crippen molar-refractivity contribution >= 4 is 13.0 Å². The van der Waals surface area contributed by atoms with Gasteiger partial charge in [0.1, 0.15) is 0 Å². The third-order valence-electron chi connectivity index (χ3n) is 0.736. The highest BCUT2D eigenvalue weighted by molar-refractivity contribution is 5.77. The predicted molar refractivity (Wildman–Crippen MR) is 38.5 cm³/mol. The smallest absolute Gasteiger partial charge is 0.151 e. The van der Waals surface area contributed by atoms with Crippen molar-refractivity contribution in [2.24, 2.45) is 4.99 Å². The quantitative estimate of drug-likeness (QED) is 0.241. The molecule has 0 amide bonds. The largest absolute Gasteiger partial charge is 0.298 e. The molecule has 0 aromatic heterocycles. The van der Waals surface area contributed by atoms with Gasteiger partial charge in [-0.25, -0.2) is 0 Å². The molecule has 0 bridgehead atoms. The van der Waals surface area contributed by atoms with Crippen molar-refractivity contribution in [2.75, 3.05) is 0 Å². The highest BCUT2D eigenvalue weighted by atomic mass is 16.1. The van der Waals surface area contributed by atoms with Crippen LogP contribution in [0.5, 0.6) is 0 Å². The monoisotopic (exact) mass is 123 g/mol. The van der Waals surface area contributed by atoms with E-state index in [0.29, 0.717) is 5.57 Å². The second-order valence-corrected chi connectivity index (χ2v) is 1.43. The van der Waals surface area contributed by atoms with Crippen LogP contribution in [-0.2, 0) is 4.79 Å². The summed E-state index contributed by atoms with van der Waals surface area (Å²) in [5.41, 5.74) is 0.535. The van der Waals surface area contributed by atoms with Crippen LogP contribution in [0.4, 0.5) is 0 Å². The number of aliphatic imine (C=N–C) groups is 1. The molecule has 0 radical (unpaired) electrons. The minimum absolute atomic E-state index is 0.535. The number of nitrogens with zero attached hydrogens (tertiary/aromatic N) is 1. The van der Waals surface area contributed by atoms with E-state index in [2.05, 4.69) is 11.7 Å². The fraction of sp³-hybridized carbons (Fsp3) is 0.143. The standard InChI is InChI=1S/C7H9NO/c1-3-4-7(6-9)5-8-2/h3-6H,2H2,1H3/b4-3-,7-5+. The topological polar surface area (TPSA) is 29.4 Å². The summed E-state index contributed by atoms with van der Waals surface area (Å²) in [5, 5.41) is 0. The van der Waals surface area contributed by atoms with Crippen molar-refractivity contribution in [3.63, 3.8) is 0 Å². The minimum atomic E-state index is 0.535. The molecule has 0 aliphatic heterocycles. The molecule has 48 valence electrons. The molecule has 0 saturated heterocycles. The van der Waals surface area contributed by atoms with Gasteiger partial charge in [-0.05, 0) is 13.6 Å². The average Bonchev–Trinajstić information content (AvgIpc) is 1.88. The van der Waals surface area contributed by atoms with Crippen LogP contribution in [0.3, 0.4) is 0 Å². The molecule has 0 aromatic carbocycles. The highest BCUT2D eigenvalue weighted by Crippen LogP contribution is 1.90. The van der Waals surface area contributed by atoms with Crippen molar-refractivity contribution in [2.45, 2.75) is 6.92 Å². The van der Waals surface area contributed by atoms with Crippen LogP contribution in [0.15, 0.2) is 28.9 Å². The number of carbonyl (C=O) groups excluding carboxylic acids is 1. The lowest BCUT2D eigenvalue weighted by atomic mass is 10.3. The molecule has 0 aliphatic carbocycles. The van der Waals surface area contributed by atoms with E-state index in [4.69, 9.17) is 0 Å². The van der Waals surface area contributed by atoms with Crippen LogP contribution in [-0.4, -0.2) is 13.0 Å². The Hall–Kier alpha value is -1.18. The Labute approximate surface area is 54.6 Å². The van der Waals surface area contributed by atoms with Gasteiger partial charge in [-0.15, -0.1) is 0 Å². The summed E-state index contributed by atoms with van der Waals surface area (Å²) in [7, 11) is 0. The maximum absolute atomic E-state index is 10.1. The predicted octanol–water partition coefficient (Wildman–Crippen LogP) is 1.35. The zero-order valence-electron chi connectivity index (χ0n) is 5.37. The Bertz CT molecular complexity index is 156. The fourth-order valence-corrected chi connectivity index (χ4v) is 0.411. The zero-order valence-corrected chi connectivity index (χ0v) is 5.37. The maximum atomic E-state index is 10.1. The van der Waals surface area contributed by atoms with Crippen LogP contribution in [0.25, 0.3) is 0 Å². The fourth-order valence-electron chi connectivity index (χ4n) is 0.411. The molecule has 0 aromatic rings. The molecule has 0 rings (SSSR count). The molecule has 0 fully saturated rings. The summed E-state index contributed by atoms with van der Waals surface area (Å²) in [6.07, 6.45) is 5.58. The number of rotatable bonds is 3. The van der Waals surface area contributed by atoms with E-state index in [1.165, 1.54) is 6.20 Å². The van der Waals surface area contributed by atoms with E-state index in [-0.39, 0.29) is 0 Å². The van der Waals surface area contributed by atoms with Gasteiger partial charge in [0.15, 0.2) is 6.29 Å². The SMILES string of the molecule is C=N/C=C(C=O)\C=C/C. The van der Waals surface area contributed by atoms with Gasteiger partial charge in [0, 0.05) is 11.8 Å². The van der Waals surface area contributed by atoms with Gasteiger partial charge in [-0.2, -0.15) is 0 Å². The number of allylic oxidation sites excluding steroid dienone is 3. The van der Waals surface area contributed by atoms with Gasteiger partial charge >= 0.3 is 0 Å². The first-order chi connectivity index (χ1) is 4.35. The summed E-state index contributed by atoms with van der Waals surface area (Å²) in [5.74, 6) is 0. The Morgan fingerprint density at radius 3 is 2.67 bits per heavy atom. The molecule has 2 heteroatoms. The Morgan fingerprint density at radius 1 is 1.67 bits per heavy atom. The third-order valence-corrected chi connectivity index (χ3v) is 0.736. The van der Waals surface area contributed by atoms with Crippen LogP contribution < -0.4 is 0 Å². The maximum Gasteiger partial charge on any atom is 0.151 e. The molecule has 0 aliphatic rings. The van der Waals surface area contributed by atoms with E-state index < -0.39 is 0 Å². The summed E-state index contributed by atoms with van der Waals surface area (Å²) in [6.45, 7) is 5.05.